The maximum atomic E-state index is 10.6. The molecule has 0 fully saturated rings. The number of primary sulfonamides is 1. The van der Waals surface area contributed by atoms with Crippen LogP contribution in [0.4, 0.5) is 13.2 Å². The Morgan fingerprint density at radius 3 is 1.50 bits per heavy atom. The van der Waals surface area contributed by atoms with Gasteiger partial charge in [-0.05, 0) is 13.8 Å². The Morgan fingerprint density at radius 2 is 1.50 bits per heavy atom. The van der Waals surface area contributed by atoms with Gasteiger partial charge in [-0.25, -0.2) is 18.4 Å². The van der Waals surface area contributed by atoms with E-state index < -0.39 is 27.4 Å². The second kappa shape index (κ2) is 5.15. The zero-order valence-electron chi connectivity index (χ0n) is 7.37. The lowest BCUT2D eigenvalue weighted by Gasteiger charge is -1.96. The first-order chi connectivity index (χ1) is 5.89. The summed E-state index contributed by atoms with van der Waals surface area (Å²) in [6.07, 6.45) is -5.08. The number of nitrogens with two attached hydrogens (primary N) is 1. The molecule has 0 radical (unpaired) electrons. The summed E-state index contributed by atoms with van der Waals surface area (Å²) in [5.74, 6) is -2.76. The summed E-state index contributed by atoms with van der Waals surface area (Å²) >= 11 is 0. The molecule has 0 aliphatic heterocycles. The molecule has 0 aliphatic rings. The highest BCUT2D eigenvalue weighted by atomic mass is 32.2. The Morgan fingerprint density at radius 1 is 1.36 bits per heavy atom. The topological polar surface area (TPSA) is 97.5 Å². The molecule has 86 valence electrons. The highest BCUT2D eigenvalue weighted by Gasteiger charge is 2.38. The molecule has 0 aliphatic carbocycles. The van der Waals surface area contributed by atoms with Gasteiger partial charge in [-0.15, -0.1) is 0 Å². The van der Waals surface area contributed by atoms with E-state index in [9.17, 15) is 21.6 Å². The summed E-state index contributed by atoms with van der Waals surface area (Å²) in [6, 6.07) is 0. The first kappa shape index (κ1) is 15.6. The molecule has 0 saturated carbocycles. The van der Waals surface area contributed by atoms with E-state index in [2.05, 4.69) is 5.14 Å². The van der Waals surface area contributed by atoms with Crippen LogP contribution in [0.3, 0.4) is 0 Å². The van der Waals surface area contributed by atoms with Gasteiger partial charge in [-0.1, -0.05) is 0 Å². The van der Waals surface area contributed by atoms with E-state index in [1.165, 1.54) is 13.8 Å². The number of carboxylic acid groups (broad SMARTS) is 1. The number of carbonyl (C=O) groups is 1. The first-order valence-electron chi connectivity index (χ1n) is 3.20. The van der Waals surface area contributed by atoms with Crippen LogP contribution in [0.1, 0.15) is 13.8 Å². The minimum atomic E-state index is -5.08. The van der Waals surface area contributed by atoms with Gasteiger partial charge in [0.2, 0.25) is 10.0 Å². The van der Waals surface area contributed by atoms with Crippen molar-refractivity contribution >= 4 is 16.0 Å². The normalized spacial score (nSPS) is 11.9. The van der Waals surface area contributed by atoms with E-state index in [0.29, 0.717) is 0 Å². The number of carboxylic acids is 1. The summed E-state index contributed by atoms with van der Waals surface area (Å²) in [7, 11) is -3.24. The molecule has 9 heteroatoms. The summed E-state index contributed by atoms with van der Waals surface area (Å²) < 4.78 is 52.0. The van der Waals surface area contributed by atoms with Crippen LogP contribution in [0.5, 0.6) is 0 Å². The quantitative estimate of drug-likeness (QED) is 0.686. The Bertz CT molecular complexity index is 282. The van der Waals surface area contributed by atoms with Crippen molar-refractivity contribution in [2.45, 2.75) is 25.3 Å². The standard InChI is InChI=1S/C3H9NO2S.C2HF3O2/c1-3(2)7(4,5)6;3-2(4,5)1(6)7/h3H,1-2H3,(H2,4,5,6);(H,6,7). The third kappa shape index (κ3) is 9.26. The van der Waals surface area contributed by atoms with Crippen molar-refractivity contribution in [3.8, 4) is 0 Å². The lowest BCUT2D eigenvalue weighted by molar-refractivity contribution is -0.192. The van der Waals surface area contributed by atoms with Crippen LogP contribution < -0.4 is 5.14 Å². The third-order valence-corrected chi connectivity index (χ3v) is 2.21. The molecule has 0 spiro atoms. The van der Waals surface area contributed by atoms with Crippen LogP contribution in [-0.2, 0) is 14.8 Å². The molecule has 0 amide bonds. The van der Waals surface area contributed by atoms with Gasteiger partial charge in [0, 0.05) is 0 Å². The predicted molar refractivity (Wildman–Crippen MR) is 41.9 cm³/mol. The minimum absolute atomic E-state index is 0.451. The lowest BCUT2D eigenvalue weighted by Crippen LogP contribution is -2.22. The number of hydrogen-bond acceptors (Lipinski definition) is 3. The molecule has 0 aromatic rings. The van der Waals surface area contributed by atoms with E-state index in [1.807, 2.05) is 0 Å². The molecule has 0 rings (SSSR count). The molecular formula is C5H10F3NO4S. The lowest BCUT2D eigenvalue weighted by atomic mass is 10.6. The van der Waals surface area contributed by atoms with E-state index >= 15 is 0 Å². The number of rotatable bonds is 1. The first-order valence-corrected chi connectivity index (χ1v) is 4.81. The number of aliphatic carboxylic acids is 1. The predicted octanol–water partition coefficient (Wildman–Crippen LogP) is 0.317. The van der Waals surface area contributed by atoms with Crippen molar-refractivity contribution in [1.29, 1.82) is 0 Å². The van der Waals surface area contributed by atoms with Crippen LogP contribution in [0, 0.1) is 0 Å². The summed E-state index contributed by atoms with van der Waals surface area (Å²) in [5.41, 5.74) is 0. The van der Waals surface area contributed by atoms with Crippen LogP contribution in [0.2, 0.25) is 0 Å². The monoisotopic (exact) mass is 237 g/mol. The van der Waals surface area contributed by atoms with Crippen molar-refractivity contribution in [2.24, 2.45) is 5.14 Å². The van der Waals surface area contributed by atoms with Crippen LogP contribution >= 0.6 is 0 Å². The third-order valence-electron chi connectivity index (χ3n) is 0.900. The van der Waals surface area contributed by atoms with Gasteiger partial charge in [-0.2, -0.15) is 13.2 Å². The van der Waals surface area contributed by atoms with Crippen molar-refractivity contribution in [1.82, 2.24) is 0 Å². The molecule has 14 heavy (non-hydrogen) atoms. The van der Waals surface area contributed by atoms with Gasteiger partial charge >= 0.3 is 12.1 Å². The molecule has 0 heterocycles. The molecule has 0 atom stereocenters. The second-order valence-corrected chi connectivity index (χ2v) is 4.56. The Kier molecular flexibility index (Phi) is 5.75. The Labute approximate surface area is 78.8 Å². The van der Waals surface area contributed by atoms with Crippen molar-refractivity contribution in [3.63, 3.8) is 0 Å². The summed E-state index contributed by atoms with van der Waals surface area (Å²) in [6.45, 7) is 3.07. The van der Waals surface area contributed by atoms with Gasteiger partial charge in [0.1, 0.15) is 0 Å². The van der Waals surface area contributed by atoms with Crippen LogP contribution in [-0.4, -0.2) is 30.9 Å². The largest absolute Gasteiger partial charge is 0.490 e. The molecular weight excluding hydrogens is 227 g/mol. The number of halogens is 3. The summed E-state index contributed by atoms with van der Waals surface area (Å²) in [4.78, 5) is 8.90. The van der Waals surface area contributed by atoms with Gasteiger partial charge in [-0.3, -0.25) is 0 Å². The van der Waals surface area contributed by atoms with Crippen molar-refractivity contribution in [2.75, 3.05) is 0 Å². The molecule has 5 nitrogen and oxygen atoms in total. The number of alkyl halides is 3. The second-order valence-electron chi connectivity index (χ2n) is 2.44. The zero-order chi connectivity index (χ0) is 12.2. The highest BCUT2D eigenvalue weighted by Crippen LogP contribution is 2.13. The average molecular weight is 237 g/mol. The molecule has 0 unspecified atom stereocenters. The van der Waals surface area contributed by atoms with Gasteiger partial charge in [0.15, 0.2) is 0 Å². The number of sulfonamides is 1. The molecule has 0 saturated heterocycles. The maximum Gasteiger partial charge on any atom is 0.490 e. The fourth-order valence-electron chi connectivity index (χ4n) is 0. The van der Waals surface area contributed by atoms with E-state index in [0.717, 1.165) is 0 Å². The summed E-state index contributed by atoms with van der Waals surface area (Å²) in [5, 5.41) is 11.3. The van der Waals surface area contributed by atoms with Gasteiger partial charge in [0.05, 0.1) is 5.25 Å². The SMILES string of the molecule is CC(C)S(N)(=O)=O.O=C(O)C(F)(F)F. The highest BCUT2D eigenvalue weighted by molar-refractivity contribution is 7.89. The average Bonchev–Trinajstić information content (AvgIpc) is 1.83. The molecule has 0 aromatic carbocycles. The molecule has 0 aromatic heterocycles. The minimum Gasteiger partial charge on any atom is -0.475 e. The van der Waals surface area contributed by atoms with Crippen LogP contribution in [0.15, 0.2) is 0 Å². The molecule has 3 N–H and O–H groups in total. The Hall–Kier alpha value is -0.830. The zero-order valence-corrected chi connectivity index (χ0v) is 8.19. The Balaban J connectivity index is 0. The van der Waals surface area contributed by atoms with Gasteiger partial charge < -0.3 is 5.11 Å². The van der Waals surface area contributed by atoms with Gasteiger partial charge in [0.25, 0.3) is 0 Å². The fraction of sp³-hybridized carbons (Fsp3) is 0.800. The smallest absolute Gasteiger partial charge is 0.475 e. The van der Waals surface area contributed by atoms with Crippen molar-refractivity contribution < 1.29 is 31.5 Å². The fourth-order valence-corrected chi connectivity index (χ4v) is 0. The number of hydrogen-bond donors (Lipinski definition) is 2. The van der Waals surface area contributed by atoms with Crippen molar-refractivity contribution in [3.05, 3.63) is 0 Å². The van der Waals surface area contributed by atoms with E-state index in [-0.39, 0.29) is 0 Å². The molecule has 0 bridgehead atoms. The van der Waals surface area contributed by atoms with Crippen LogP contribution in [0.25, 0.3) is 0 Å². The van der Waals surface area contributed by atoms with E-state index in [1.54, 1.807) is 0 Å². The maximum absolute atomic E-state index is 10.6. The van der Waals surface area contributed by atoms with E-state index in [4.69, 9.17) is 9.90 Å².